The Labute approximate surface area is 113 Å². The molecule has 2 rings (SSSR count). The van der Waals surface area contributed by atoms with Crippen molar-refractivity contribution in [2.75, 3.05) is 24.5 Å². The van der Waals surface area contributed by atoms with Crippen molar-refractivity contribution in [2.45, 2.75) is 33.2 Å². The maximum absolute atomic E-state index is 11.2. The number of carboxylic acid groups (broad SMARTS) is 1. The Bertz CT molecular complexity index is 512. The molecule has 19 heavy (non-hydrogen) atoms. The number of pyridine rings is 1. The van der Waals surface area contributed by atoms with Crippen molar-refractivity contribution >= 4 is 11.7 Å². The maximum atomic E-state index is 11.2. The number of aromatic nitrogens is 1. The molecule has 0 bridgehead atoms. The van der Waals surface area contributed by atoms with E-state index in [1.165, 1.54) is 0 Å². The van der Waals surface area contributed by atoms with Crippen LogP contribution in [0.1, 0.15) is 35.6 Å². The van der Waals surface area contributed by atoms with E-state index in [1.807, 2.05) is 6.92 Å². The molecule has 5 heteroatoms. The van der Waals surface area contributed by atoms with Gasteiger partial charge in [-0.15, -0.1) is 0 Å². The van der Waals surface area contributed by atoms with Crippen LogP contribution in [0.5, 0.6) is 0 Å². The molecule has 0 saturated carbocycles. The SMILES string of the molecule is Cc1nc(C)c(N2CCNC(C)(C)C2)cc1C(=O)O. The van der Waals surface area contributed by atoms with E-state index < -0.39 is 5.97 Å². The van der Waals surface area contributed by atoms with Gasteiger partial charge in [0.15, 0.2) is 0 Å². The molecular weight excluding hydrogens is 242 g/mol. The molecular formula is C14H21N3O2. The van der Waals surface area contributed by atoms with Crippen LogP contribution in [0.25, 0.3) is 0 Å². The van der Waals surface area contributed by atoms with Crippen LogP contribution < -0.4 is 10.2 Å². The molecule has 1 saturated heterocycles. The third kappa shape index (κ3) is 2.87. The number of carboxylic acids is 1. The molecule has 5 nitrogen and oxygen atoms in total. The van der Waals surface area contributed by atoms with Gasteiger partial charge in [0.05, 0.1) is 22.6 Å². The lowest BCUT2D eigenvalue weighted by Crippen LogP contribution is -2.57. The van der Waals surface area contributed by atoms with E-state index in [4.69, 9.17) is 0 Å². The fourth-order valence-electron chi connectivity index (χ4n) is 2.60. The minimum atomic E-state index is -0.916. The molecule has 0 spiro atoms. The maximum Gasteiger partial charge on any atom is 0.337 e. The van der Waals surface area contributed by atoms with Crippen molar-refractivity contribution in [2.24, 2.45) is 0 Å². The van der Waals surface area contributed by atoms with Crippen LogP contribution >= 0.6 is 0 Å². The van der Waals surface area contributed by atoms with Gasteiger partial charge in [-0.2, -0.15) is 0 Å². The van der Waals surface area contributed by atoms with Gasteiger partial charge >= 0.3 is 5.97 Å². The van der Waals surface area contributed by atoms with Crippen molar-refractivity contribution in [3.63, 3.8) is 0 Å². The van der Waals surface area contributed by atoms with Crippen LogP contribution in [-0.2, 0) is 0 Å². The number of rotatable bonds is 2. The Kier molecular flexibility index (Phi) is 3.49. The van der Waals surface area contributed by atoms with E-state index in [1.54, 1.807) is 13.0 Å². The van der Waals surface area contributed by atoms with Gasteiger partial charge in [-0.25, -0.2) is 4.79 Å². The Morgan fingerprint density at radius 1 is 1.42 bits per heavy atom. The first kappa shape index (κ1) is 13.8. The molecule has 1 aliphatic rings. The molecule has 0 unspecified atom stereocenters. The van der Waals surface area contributed by atoms with Crippen molar-refractivity contribution in [1.29, 1.82) is 0 Å². The first-order valence-electron chi connectivity index (χ1n) is 6.52. The summed E-state index contributed by atoms with van der Waals surface area (Å²) in [6.07, 6.45) is 0. The summed E-state index contributed by atoms with van der Waals surface area (Å²) in [5, 5.41) is 12.7. The number of piperazine rings is 1. The number of anilines is 1. The highest BCUT2D eigenvalue weighted by molar-refractivity contribution is 5.90. The zero-order chi connectivity index (χ0) is 14.2. The highest BCUT2D eigenvalue weighted by Gasteiger charge is 2.27. The van der Waals surface area contributed by atoms with Crippen molar-refractivity contribution < 1.29 is 9.90 Å². The number of nitrogens with one attached hydrogen (secondary N) is 1. The summed E-state index contributed by atoms with van der Waals surface area (Å²) in [6, 6.07) is 1.75. The number of aromatic carboxylic acids is 1. The summed E-state index contributed by atoms with van der Waals surface area (Å²) in [5.74, 6) is -0.916. The topological polar surface area (TPSA) is 65.5 Å². The van der Waals surface area contributed by atoms with E-state index in [0.29, 0.717) is 5.69 Å². The highest BCUT2D eigenvalue weighted by atomic mass is 16.4. The number of hydrogen-bond acceptors (Lipinski definition) is 4. The van der Waals surface area contributed by atoms with Gasteiger partial charge in [0.25, 0.3) is 0 Å². The quantitative estimate of drug-likeness (QED) is 0.848. The standard InChI is InChI=1S/C14H21N3O2/c1-9-11(13(18)19)7-12(10(2)16-9)17-6-5-15-14(3,4)8-17/h7,15H,5-6,8H2,1-4H3,(H,18,19). The first-order valence-corrected chi connectivity index (χ1v) is 6.52. The van der Waals surface area contributed by atoms with Gasteiger partial charge < -0.3 is 15.3 Å². The molecule has 0 atom stereocenters. The van der Waals surface area contributed by atoms with Crippen LogP contribution in [0.3, 0.4) is 0 Å². The summed E-state index contributed by atoms with van der Waals surface area (Å²) in [5.41, 5.74) is 2.71. The number of hydrogen-bond donors (Lipinski definition) is 2. The summed E-state index contributed by atoms with van der Waals surface area (Å²) >= 11 is 0. The fraction of sp³-hybridized carbons (Fsp3) is 0.571. The van der Waals surface area contributed by atoms with E-state index in [2.05, 4.69) is 29.0 Å². The average Bonchev–Trinajstić information content (AvgIpc) is 2.26. The van der Waals surface area contributed by atoms with E-state index >= 15 is 0 Å². The van der Waals surface area contributed by atoms with Gasteiger partial charge in [0.2, 0.25) is 0 Å². The van der Waals surface area contributed by atoms with E-state index in [-0.39, 0.29) is 11.1 Å². The summed E-state index contributed by atoms with van der Waals surface area (Å²) in [6.45, 7) is 10.6. The van der Waals surface area contributed by atoms with Crippen molar-refractivity contribution in [3.05, 3.63) is 23.0 Å². The highest BCUT2D eigenvalue weighted by Crippen LogP contribution is 2.25. The lowest BCUT2D eigenvalue weighted by molar-refractivity contribution is 0.0695. The molecule has 1 aromatic heterocycles. The second-order valence-electron chi connectivity index (χ2n) is 5.76. The second-order valence-corrected chi connectivity index (χ2v) is 5.76. The van der Waals surface area contributed by atoms with Crippen molar-refractivity contribution in [3.8, 4) is 0 Å². The molecule has 0 aromatic carbocycles. The summed E-state index contributed by atoms with van der Waals surface area (Å²) < 4.78 is 0. The van der Waals surface area contributed by atoms with Gasteiger partial charge in [-0.05, 0) is 33.8 Å². The minimum Gasteiger partial charge on any atom is -0.478 e. The number of aryl methyl sites for hydroxylation is 2. The predicted molar refractivity (Wildman–Crippen MR) is 75.0 cm³/mol. The Morgan fingerprint density at radius 3 is 2.68 bits per heavy atom. The molecule has 2 heterocycles. The lowest BCUT2D eigenvalue weighted by atomic mass is 10.0. The molecule has 0 amide bonds. The molecule has 1 fully saturated rings. The monoisotopic (exact) mass is 263 g/mol. The molecule has 104 valence electrons. The number of nitrogens with zero attached hydrogens (tertiary/aromatic N) is 2. The van der Waals surface area contributed by atoms with Gasteiger partial charge in [-0.1, -0.05) is 0 Å². The first-order chi connectivity index (χ1) is 8.80. The Hall–Kier alpha value is -1.62. The van der Waals surface area contributed by atoms with Gasteiger partial charge in [0, 0.05) is 25.2 Å². The summed E-state index contributed by atoms with van der Waals surface area (Å²) in [7, 11) is 0. The largest absolute Gasteiger partial charge is 0.478 e. The number of carbonyl (C=O) groups is 1. The normalized spacial score (nSPS) is 18.4. The zero-order valence-corrected chi connectivity index (χ0v) is 11.9. The molecule has 0 aliphatic carbocycles. The van der Waals surface area contributed by atoms with Crippen LogP contribution in [0.15, 0.2) is 6.07 Å². The van der Waals surface area contributed by atoms with Crippen LogP contribution in [0.4, 0.5) is 5.69 Å². The van der Waals surface area contributed by atoms with Gasteiger partial charge in [0.1, 0.15) is 0 Å². The smallest absolute Gasteiger partial charge is 0.337 e. The molecule has 1 aromatic rings. The lowest BCUT2D eigenvalue weighted by Gasteiger charge is -2.40. The fourth-order valence-corrected chi connectivity index (χ4v) is 2.60. The van der Waals surface area contributed by atoms with Crippen molar-refractivity contribution in [1.82, 2.24) is 10.3 Å². The zero-order valence-electron chi connectivity index (χ0n) is 11.9. The van der Waals surface area contributed by atoms with E-state index in [0.717, 1.165) is 31.0 Å². The Balaban J connectivity index is 2.39. The second kappa shape index (κ2) is 4.81. The van der Waals surface area contributed by atoms with E-state index in [9.17, 15) is 9.90 Å². The van der Waals surface area contributed by atoms with Crippen LogP contribution in [-0.4, -0.2) is 41.2 Å². The minimum absolute atomic E-state index is 0.0267. The third-order valence-electron chi connectivity index (χ3n) is 3.52. The van der Waals surface area contributed by atoms with Crippen LogP contribution in [0.2, 0.25) is 0 Å². The predicted octanol–water partition coefficient (Wildman–Crippen LogP) is 1.58. The summed E-state index contributed by atoms with van der Waals surface area (Å²) in [4.78, 5) is 17.8. The molecule has 1 aliphatic heterocycles. The molecule has 2 N–H and O–H groups in total. The van der Waals surface area contributed by atoms with Gasteiger partial charge in [-0.3, -0.25) is 4.98 Å². The average molecular weight is 263 g/mol. The molecule has 0 radical (unpaired) electrons. The van der Waals surface area contributed by atoms with Crippen LogP contribution in [0, 0.1) is 13.8 Å². The Morgan fingerprint density at radius 2 is 2.11 bits per heavy atom. The third-order valence-corrected chi connectivity index (χ3v) is 3.52.